The summed E-state index contributed by atoms with van der Waals surface area (Å²) >= 11 is 7.72. The summed E-state index contributed by atoms with van der Waals surface area (Å²) in [5.41, 5.74) is 2.80. The van der Waals surface area contributed by atoms with Gasteiger partial charge < -0.3 is 23.7 Å². The summed E-state index contributed by atoms with van der Waals surface area (Å²) in [5.74, 6) is -0.0408. The van der Waals surface area contributed by atoms with Crippen LogP contribution in [0, 0.1) is 0 Å². The number of rotatable bonds is 9. The van der Waals surface area contributed by atoms with Crippen molar-refractivity contribution in [2.75, 3.05) is 40.0 Å². The highest BCUT2D eigenvalue weighted by Gasteiger charge is 2.36. The summed E-state index contributed by atoms with van der Waals surface area (Å²) in [7, 11) is 1.54. The predicted molar refractivity (Wildman–Crippen MR) is 177 cm³/mol. The molecule has 4 aromatic rings. The van der Waals surface area contributed by atoms with Crippen LogP contribution in [0.25, 0.3) is 17.0 Å². The van der Waals surface area contributed by atoms with E-state index in [2.05, 4.69) is 0 Å². The fourth-order valence-corrected chi connectivity index (χ4v) is 7.25. The molecule has 1 fully saturated rings. The Bertz CT molecular complexity index is 2020. The molecule has 10 nitrogen and oxygen atoms in total. The Hall–Kier alpha value is -4.19. The fourth-order valence-electron chi connectivity index (χ4n) is 6.05. The van der Waals surface area contributed by atoms with Crippen LogP contribution < -0.4 is 19.6 Å². The van der Waals surface area contributed by atoms with Crippen molar-refractivity contribution >= 4 is 51.8 Å². The van der Waals surface area contributed by atoms with Crippen molar-refractivity contribution < 1.29 is 23.8 Å². The molecule has 1 atom stereocenters. The summed E-state index contributed by atoms with van der Waals surface area (Å²) in [4.78, 5) is 48.2. The molecule has 4 heterocycles. The molecule has 2 aliphatic rings. The molecule has 12 heteroatoms. The number of amides is 1. The smallest absolute Gasteiger partial charge is 0.338 e. The number of esters is 1. The first-order valence-corrected chi connectivity index (χ1v) is 16.5. The average Bonchev–Trinajstić information content (AvgIpc) is 3.57. The van der Waals surface area contributed by atoms with Gasteiger partial charge in [-0.15, -0.1) is 0 Å². The zero-order chi connectivity index (χ0) is 32.4. The molecular weight excluding hydrogens is 628 g/mol. The number of carbonyl (C=O) groups excluding carboxylic acids is 2. The minimum absolute atomic E-state index is 0.0143. The van der Waals surface area contributed by atoms with Gasteiger partial charge in [0, 0.05) is 46.3 Å². The van der Waals surface area contributed by atoms with E-state index in [0.29, 0.717) is 69.7 Å². The molecule has 2 aromatic carbocycles. The number of methoxy groups -OCH3 is 1. The van der Waals surface area contributed by atoms with Crippen LogP contribution in [0.5, 0.6) is 5.75 Å². The number of hydrogen-bond donors (Lipinski definition) is 0. The number of thiazole rings is 1. The van der Waals surface area contributed by atoms with Crippen LogP contribution >= 0.6 is 22.9 Å². The van der Waals surface area contributed by atoms with E-state index in [9.17, 15) is 14.4 Å². The first-order valence-electron chi connectivity index (χ1n) is 15.3. The molecule has 2 aliphatic heterocycles. The van der Waals surface area contributed by atoms with Crippen molar-refractivity contribution in [2.45, 2.75) is 39.3 Å². The van der Waals surface area contributed by atoms with Crippen LogP contribution in [-0.2, 0) is 25.6 Å². The molecule has 46 heavy (non-hydrogen) atoms. The Kier molecular flexibility index (Phi) is 9.44. The second-order valence-electron chi connectivity index (χ2n) is 11.0. The fraction of sp³-hybridized carbons (Fsp3) is 0.353. The third-order valence-corrected chi connectivity index (χ3v) is 9.37. The summed E-state index contributed by atoms with van der Waals surface area (Å²) in [6.07, 6.45) is 4.99. The van der Waals surface area contributed by atoms with Gasteiger partial charge in [0.25, 0.3) is 5.56 Å². The Labute approximate surface area is 274 Å². The second-order valence-corrected chi connectivity index (χ2v) is 12.5. The third kappa shape index (κ3) is 6.02. The van der Waals surface area contributed by atoms with Crippen LogP contribution in [0.2, 0.25) is 5.02 Å². The Morgan fingerprint density at radius 1 is 1.15 bits per heavy atom. The first-order chi connectivity index (χ1) is 22.3. The van der Waals surface area contributed by atoms with Crippen LogP contribution in [0.3, 0.4) is 0 Å². The molecule has 0 N–H and O–H groups in total. The summed E-state index contributed by atoms with van der Waals surface area (Å²) in [5, 5.41) is 1.35. The lowest BCUT2D eigenvalue weighted by Crippen LogP contribution is -2.42. The highest BCUT2D eigenvalue weighted by molar-refractivity contribution is 7.07. The number of nitrogens with zero attached hydrogens (tertiary/aromatic N) is 4. The van der Waals surface area contributed by atoms with E-state index in [4.69, 9.17) is 30.8 Å². The summed E-state index contributed by atoms with van der Waals surface area (Å²) in [6, 6.07) is 12.1. The van der Waals surface area contributed by atoms with Gasteiger partial charge in [0.05, 0.1) is 42.7 Å². The third-order valence-electron chi connectivity index (χ3n) is 8.15. The lowest BCUT2D eigenvalue weighted by Gasteiger charge is -2.27. The topological polar surface area (TPSA) is 104 Å². The van der Waals surface area contributed by atoms with Crippen molar-refractivity contribution in [1.29, 1.82) is 0 Å². The Morgan fingerprint density at radius 3 is 2.67 bits per heavy atom. The minimum Gasteiger partial charge on any atom is -0.496 e. The number of morpholine rings is 1. The summed E-state index contributed by atoms with van der Waals surface area (Å²) < 4.78 is 20.5. The van der Waals surface area contributed by atoms with Crippen LogP contribution in [-0.4, -0.2) is 65.9 Å². The van der Waals surface area contributed by atoms with E-state index >= 15 is 0 Å². The maximum atomic E-state index is 14.4. The van der Waals surface area contributed by atoms with E-state index in [1.165, 1.54) is 23.0 Å². The van der Waals surface area contributed by atoms with Crippen LogP contribution in [0.4, 0.5) is 0 Å². The maximum Gasteiger partial charge on any atom is 0.338 e. The number of hydrogen-bond acceptors (Lipinski definition) is 8. The van der Waals surface area contributed by atoms with Gasteiger partial charge in [-0.1, -0.05) is 54.5 Å². The molecular formula is C34H35ClN4O6S. The highest BCUT2D eigenvalue weighted by atomic mass is 35.5. The second kappa shape index (κ2) is 13.7. The zero-order valence-corrected chi connectivity index (χ0v) is 27.5. The van der Waals surface area contributed by atoms with Gasteiger partial charge in [-0.05, 0) is 43.7 Å². The molecule has 2 aromatic heterocycles. The molecule has 0 radical (unpaired) electrons. The molecule has 0 aliphatic carbocycles. The number of ether oxygens (including phenoxy) is 3. The standard InChI is InChI=1S/C34H35ClN4O6S/c1-4-8-25-30(33(42)45-5-2)31(24-18-22(35)11-12-27(24)43-3)39-32(41)28(46-34(39)36-25)17-21-19-38(26-10-7-6-9-23(21)26)20-29(40)37-13-15-44-16-14-37/h6-7,9-12,17-19,31H,4-5,8,13-16,20H2,1-3H3/b28-17-/t31-/m1/s1. The highest BCUT2D eigenvalue weighted by Crippen LogP contribution is 2.38. The SMILES string of the molecule is CCCC1=C(C(=O)OCC)[C@@H](c2cc(Cl)ccc2OC)n2c(s/c(=C\c3cn(CC(=O)N4CCOCC4)c4ccccc34)c2=O)=N1. The molecule has 0 unspecified atom stereocenters. The van der Waals surface area contributed by atoms with Gasteiger partial charge >= 0.3 is 5.97 Å². The molecule has 6 rings (SSSR count). The van der Waals surface area contributed by atoms with E-state index in [1.807, 2.05) is 52.9 Å². The minimum atomic E-state index is -0.861. The number of carbonyl (C=O) groups is 2. The van der Waals surface area contributed by atoms with Crippen molar-refractivity contribution in [3.63, 3.8) is 0 Å². The van der Waals surface area contributed by atoms with Crippen LogP contribution in [0.15, 0.2) is 69.7 Å². The van der Waals surface area contributed by atoms with Gasteiger partial charge in [-0.25, -0.2) is 9.79 Å². The van der Waals surface area contributed by atoms with Gasteiger partial charge in [-0.2, -0.15) is 0 Å². The van der Waals surface area contributed by atoms with Crippen molar-refractivity contribution in [3.8, 4) is 5.75 Å². The van der Waals surface area contributed by atoms with Gasteiger partial charge in [0.2, 0.25) is 5.91 Å². The van der Waals surface area contributed by atoms with E-state index in [0.717, 1.165) is 22.9 Å². The van der Waals surface area contributed by atoms with Gasteiger partial charge in [-0.3, -0.25) is 14.2 Å². The number of benzene rings is 2. The largest absolute Gasteiger partial charge is 0.496 e. The van der Waals surface area contributed by atoms with E-state index in [1.54, 1.807) is 25.1 Å². The lowest BCUT2D eigenvalue weighted by atomic mass is 9.93. The number of para-hydroxylation sites is 1. The van der Waals surface area contributed by atoms with Gasteiger partial charge in [0.15, 0.2) is 4.80 Å². The number of fused-ring (bicyclic) bond motifs is 2. The molecule has 0 saturated carbocycles. The molecule has 240 valence electrons. The predicted octanol–water partition coefficient (Wildman–Crippen LogP) is 4.05. The van der Waals surface area contributed by atoms with Gasteiger partial charge in [0.1, 0.15) is 18.3 Å². The van der Waals surface area contributed by atoms with Crippen molar-refractivity contribution in [1.82, 2.24) is 14.0 Å². The summed E-state index contributed by atoms with van der Waals surface area (Å²) in [6.45, 7) is 6.30. The van der Waals surface area contributed by atoms with E-state index in [-0.39, 0.29) is 24.6 Å². The molecule has 0 bridgehead atoms. The Balaban J connectivity index is 1.52. The monoisotopic (exact) mass is 662 g/mol. The molecule has 0 spiro atoms. The quantitative estimate of drug-likeness (QED) is 0.251. The molecule has 1 saturated heterocycles. The number of halogens is 1. The molecule has 1 amide bonds. The average molecular weight is 663 g/mol. The van der Waals surface area contributed by atoms with E-state index < -0.39 is 12.0 Å². The first kappa shape index (κ1) is 31.8. The number of aromatic nitrogens is 2. The normalized spacial score (nSPS) is 16.8. The van der Waals surface area contributed by atoms with Crippen molar-refractivity contribution in [3.05, 3.63) is 95.8 Å². The Morgan fingerprint density at radius 2 is 1.93 bits per heavy atom. The van der Waals surface area contributed by atoms with Crippen molar-refractivity contribution in [2.24, 2.45) is 4.99 Å². The lowest BCUT2D eigenvalue weighted by molar-refractivity contribution is -0.139. The maximum absolute atomic E-state index is 14.4. The zero-order valence-electron chi connectivity index (χ0n) is 26.0. The number of allylic oxidation sites excluding steroid dienone is 1. The van der Waals surface area contributed by atoms with Crippen LogP contribution in [0.1, 0.15) is 43.9 Å².